The number of benzene rings is 2. The molecule has 2 aromatic carbocycles. The molecule has 2 aliphatic rings. The van der Waals surface area contributed by atoms with Gasteiger partial charge < -0.3 is 20.5 Å². The Labute approximate surface area is 222 Å². The second-order valence-corrected chi connectivity index (χ2v) is 9.06. The molecule has 0 spiro atoms. The molecule has 1 aliphatic heterocycles. The van der Waals surface area contributed by atoms with Crippen molar-refractivity contribution in [1.82, 2.24) is 15.5 Å². The number of hydrogen-bond acceptors (Lipinski definition) is 6. The number of nitrogens with zero attached hydrogens (tertiary/aromatic N) is 1. The molecule has 0 aromatic heterocycles. The van der Waals surface area contributed by atoms with Crippen molar-refractivity contribution in [3.05, 3.63) is 65.7 Å². The van der Waals surface area contributed by atoms with Crippen LogP contribution in [0.1, 0.15) is 48.5 Å². The van der Waals surface area contributed by atoms with Gasteiger partial charge >= 0.3 is 29.4 Å². The van der Waals surface area contributed by atoms with Crippen molar-refractivity contribution in [3.8, 4) is 5.75 Å². The van der Waals surface area contributed by atoms with Gasteiger partial charge in [-0.2, -0.15) is 30.3 Å². The number of carbonyl (C=O) groups excluding carboxylic acids is 3. The summed E-state index contributed by atoms with van der Waals surface area (Å²) in [6, 6.07) is 16.8. The number of hydrogen-bond donors (Lipinski definition) is 3. The van der Waals surface area contributed by atoms with Crippen molar-refractivity contribution in [2.45, 2.75) is 50.3 Å². The van der Waals surface area contributed by atoms with Gasteiger partial charge in [0.05, 0.1) is 12.6 Å². The normalized spacial score (nSPS) is 21.8. The number of ether oxygens (including phenoxy) is 1. The molecule has 9 heteroatoms. The van der Waals surface area contributed by atoms with Crippen LogP contribution in [0.15, 0.2) is 48.5 Å². The zero-order valence-corrected chi connectivity index (χ0v) is 22.2. The van der Waals surface area contributed by atoms with Gasteiger partial charge in [0.2, 0.25) is 5.91 Å². The Hall–Kier alpha value is -2.87. The Morgan fingerprint density at radius 1 is 1.17 bits per heavy atom. The summed E-state index contributed by atoms with van der Waals surface area (Å²) < 4.78 is 5.80. The molecule has 1 saturated carbocycles. The van der Waals surface area contributed by atoms with E-state index in [2.05, 4.69) is 26.6 Å². The Morgan fingerprint density at radius 3 is 2.42 bits per heavy atom. The van der Waals surface area contributed by atoms with Crippen molar-refractivity contribution in [2.24, 2.45) is 0 Å². The molecular formula is C27H32N3O5Tc-. The number of rotatable bonds is 7. The van der Waals surface area contributed by atoms with E-state index in [0.29, 0.717) is 24.4 Å². The molecule has 1 saturated heterocycles. The predicted octanol–water partition coefficient (Wildman–Crippen LogP) is 2.09. The molecule has 8 nitrogen and oxygen atoms in total. The quantitative estimate of drug-likeness (QED) is 0.344. The van der Waals surface area contributed by atoms with Crippen LogP contribution in [-0.4, -0.2) is 64.5 Å². The van der Waals surface area contributed by atoms with Gasteiger partial charge in [-0.3, -0.25) is 19.3 Å². The number of likely N-dealkylation sites (tertiary alicyclic amines) is 1. The van der Waals surface area contributed by atoms with Crippen LogP contribution in [0, 0.1) is 6.07 Å². The van der Waals surface area contributed by atoms with E-state index in [1.54, 1.807) is 36.4 Å². The number of carbonyl (C=O) groups is 3. The molecule has 193 valence electrons. The van der Waals surface area contributed by atoms with Crippen LogP contribution in [0.5, 0.6) is 5.75 Å². The fraction of sp³-hybridized carbons (Fsp3) is 0.407. The van der Waals surface area contributed by atoms with E-state index in [-0.39, 0.29) is 36.1 Å². The standard InChI is InChI=1S/C26H30N3O5.CH2.Tc/c1-18(30)34-26(20-7-9-23(31)10-8-20)13-11-22(12-14-26)29-16-21(17-29)28-24(32)15-27-25(33)19-5-3-2-4-6-19;;/h2-3,5-10,21-22,31H,11-17H2,1H3,(H,27,33)(H,28,32);1H2;/q-1;;. The average molecular weight is 577 g/mol. The van der Waals surface area contributed by atoms with E-state index in [0.717, 1.165) is 31.5 Å². The predicted molar refractivity (Wildman–Crippen MR) is 132 cm³/mol. The van der Waals surface area contributed by atoms with Gasteiger partial charge in [-0.15, -0.1) is 0 Å². The van der Waals surface area contributed by atoms with E-state index in [1.165, 1.54) is 6.92 Å². The topological polar surface area (TPSA) is 108 Å². The molecule has 0 unspecified atom stereocenters. The van der Waals surface area contributed by atoms with E-state index in [9.17, 15) is 19.5 Å². The van der Waals surface area contributed by atoms with Crippen LogP contribution in [0.2, 0.25) is 0 Å². The first-order chi connectivity index (χ1) is 17.3. The minimum atomic E-state index is -0.663. The molecule has 2 aromatic rings. The van der Waals surface area contributed by atoms with Crippen LogP contribution in [0.4, 0.5) is 0 Å². The third-order valence-electron chi connectivity index (χ3n) is 6.67. The molecular weight excluding hydrogens is 544 g/mol. The molecule has 1 heterocycles. The van der Waals surface area contributed by atoms with Crippen molar-refractivity contribution < 1.29 is 42.7 Å². The van der Waals surface area contributed by atoms with Gasteiger partial charge in [0.15, 0.2) is 5.91 Å². The number of aromatic hydroxyl groups is 1. The molecule has 0 radical (unpaired) electrons. The van der Waals surface area contributed by atoms with Crippen LogP contribution in [-0.2, 0) is 38.4 Å². The first kappa shape index (κ1) is 27.7. The fourth-order valence-corrected chi connectivity index (χ4v) is 4.90. The summed E-state index contributed by atoms with van der Waals surface area (Å²) >= 11 is 1.90. The third-order valence-corrected chi connectivity index (χ3v) is 6.67. The first-order valence-corrected chi connectivity index (χ1v) is 13.2. The van der Waals surface area contributed by atoms with Crippen molar-refractivity contribution in [2.75, 3.05) is 19.6 Å². The number of phenolic OH excluding ortho intramolecular Hbond substituents is 1. The Morgan fingerprint density at radius 2 is 1.83 bits per heavy atom. The molecule has 4 rings (SSSR count). The molecule has 0 bridgehead atoms. The summed E-state index contributed by atoms with van der Waals surface area (Å²) in [6.07, 6.45) is 3.16. The summed E-state index contributed by atoms with van der Waals surface area (Å²) in [5, 5.41) is 18.4. The summed E-state index contributed by atoms with van der Waals surface area (Å²) in [4.78, 5) is 38.4. The van der Waals surface area contributed by atoms with Gasteiger partial charge in [-0.25, -0.2) is 0 Å². The summed E-state index contributed by atoms with van der Waals surface area (Å²) in [5.74, 6) is -0.630. The number of amides is 2. The van der Waals surface area contributed by atoms with Crippen LogP contribution >= 0.6 is 0 Å². The fourth-order valence-electron chi connectivity index (χ4n) is 4.90. The van der Waals surface area contributed by atoms with Gasteiger partial charge in [-0.1, -0.05) is 17.7 Å². The van der Waals surface area contributed by atoms with Crippen LogP contribution < -0.4 is 10.6 Å². The first-order valence-electron chi connectivity index (χ1n) is 11.9. The zero-order chi connectivity index (χ0) is 26.1. The van der Waals surface area contributed by atoms with E-state index in [1.807, 2.05) is 30.6 Å². The van der Waals surface area contributed by atoms with Crippen molar-refractivity contribution >= 4 is 22.8 Å². The Kier molecular flexibility index (Phi) is 9.93. The number of phenols is 1. The Bertz CT molecular complexity index is 1030. The second kappa shape index (κ2) is 12.9. The summed E-state index contributed by atoms with van der Waals surface area (Å²) in [6.45, 7) is 2.89. The van der Waals surface area contributed by atoms with Gasteiger partial charge in [0.1, 0.15) is 11.4 Å². The van der Waals surface area contributed by atoms with Gasteiger partial charge in [-0.05, 0) is 43.4 Å². The maximum absolute atomic E-state index is 12.2. The molecule has 1 aliphatic carbocycles. The number of esters is 1. The van der Waals surface area contributed by atoms with Gasteiger partial charge in [0, 0.05) is 26.1 Å². The second-order valence-electron chi connectivity index (χ2n) is 9.06. The molecule has 2 amide bonds. The van der Waals surface area contributed by atoms with E-state index >= 15 is 0 Å². The SMILES string of the molecule is CC(=O)OC1(c2ccc(O)cc2)CCC(N2CC(NC(=O)CNC(=O)c3c[c-]ccc3)C2)CC1.[CH2]=[Tc]. The molecule has 2 fully saturated rings. The molecule has 3 N–H and O–H groups in total. The summed E-state index contributed by atoms with van der Waals surface area (Å²) in [7, 11) is 0. The maximum atomic E-state index is 12.2. The van der Waals surface area contributed by atoms with Crippen LogP contribution in [0.25, 0.3) is 0 Å². The average Bonchev–Trinajstić information content (AvgIpc) is 2.87. The van der Waals surface area contributed by atoms with Gasteiger partial charge in [0.25, 0.3) is 0 Å². The van der Waals surface area contributed by atoms with E-state index in [4.69, 9.17) is 4.74 Å². The zero-order valence-electron chi connectivity index (χ0n) is 20.3. The van der Waals surface area contributed by atoms with Crippen molar-refractivity contribution in [1.29, 1.82) is 0 Å². The molecule has 0 atom stereocenters. The molecule has 36 heavy (non-hydrogen) atoms. The Balaban J connectivity index is 0.00000176. The summed E-state index contributed by atoms with van der Waals surface area (Å²) in [5.41, 5.74) is 0.714. The van der Waals surface area contributed by atoms with E-state index < -0.39 is 5.60 Å². The van der Waals surface area contributed by atoms with Crippen LogP contribution in [0.3, 0.4) is 0 Å². The number of nitrogens with one attached hydrogen (secondary N) is 2. The minimum absolute atomic E-state index is 0.0618. The van der Waals surface area contributed by atoms with Crippen molar-refractivity contribution in [3.63, 3.8) is 0 Å². The third kappa shape index (κ3) is 7.09. The monoisotopic (exact) mass is 575 g/mol.